The fourth-order valence-corrected chi connectivity index (χ4v) is 3.29. The Bertz CT molecular complexity index is 575. The standard InChI is InChI=1S/C13H15N3O3S/c17-13(18)10-8-20-12(15-10)11(9-2-1-3-14-9)16-4-6-19-7-5-16/h1-3,8,11,14H,4-7H2,(H,17,18). The molecule has 0 amide bonds. The molecule has 3 rings (SSSR count). The molecule has 6 nitrogen and oxygen atoms in total. The first-order valence-corrected chi connectivity index (χ1v) is 7.27. The van der Waals surface area contributed by atoms with Crippen LogP contribution in [0.25, 0.3) is 0 Å². The van der Waals surface area contributed by atoms with Crippen molar-refractivity contribution >= 4 is 17.3 Å². The molecule has 3 heterocycles. The number of nitrogens with one attached hydrogen (secondary N) is 1. The summed E-state index contributed by atoms with van der Waals surface area (Å²) in [4.78, 5) is 20.7. The number of aromatic amines is 1. The van der Waals surface area contributed by atoms with Crippen molar-refractivity contribution in [1.82, 2.24) is 14.9 Å². The summed E-state index contributed by atoms with van der Waals surface area (Å²) in [7, 11) is 0. The molecule has 2 N–H and O–H groups in total. The number of thiazole rings is 1. The van der Waals surface area contributed by atoms with Gasteiger partial charge in [-0.1, -0.05) is 0 Å². The van der Waals surface area contributed by atoms with Gasteiger partial charge in [0.2, 0.25) is 0 Å². The van der Waals surface area contributed by atoms with E-state index in [1.165, 1.54) is 11.3 Å². The van der Waals surface area contributed by atoms with Crippen LogP contribution in [-0.4, -0.2) is 52.2 Å². The summed E-state index contributed by atoms with van der Waals surface area (Å²) in [6.07, 6.45) is 1.87. The van der Waals surface area contributed by atoms with E-state index in [9.17, 15) is 4.79 Å². The average Bonchev–Trinajstić information content (AvgIpc) is 3.12. The first-order chi connectivity index (χ1) is 9.75. The third-order valence-electron chi connectivity index (χ3n) is 3.30. The minimum atomic E-state index is -0.986. The van der Waals surface area contributed by atoms with E-state index in [1.807, 2.05) is 18.3 Å². The van der Waals surface area contributed by atoms with Crippen molar-refractivity contribution in [2.75, 3.05) is 26.3 Å². The molecule has 1 saturated heterocycles. The molecule has 0 aliphatic carbocycles. The van der Waals surface area contributed by atoms with Crippen LogP contribution in [-0.2, 0) is 4.74 Å². The van der Waals surface area contributed by atoms with E-state index in [2.05, 4.69) is 14.9 Å². The molecule has 2 aromatic rings. The molecule has 1 aliphatic rings. The van der Waals surface area contributed by atoms with Crippen molar-refractivity contribution in [2.24, 2.45) is 0 Å². The Morgan fingerprint density at radius 1 is 1.50 bits per heavy atom. The number of ether oxygens (including phenoxy) is 1. The maximum atomic E-state index is 11.0. The van der Waals surface area contributed by atoms with Gasteiger partial charge in [-0.2, -0.15) is 0 Å². The van der Waals surface area contributed by atoms with Crippen LogP contribution in [0.3, 0.4) is 0 Å². The zero-order valence-corrected chi connectivity index (χ0v) is 11.6. The third kappa shape index (κ3) is 2.60. The lowest BCUT2D eigenvalue weighted by Crippen LogP contribution is -2.39. The quantitative estimate of drug-likeness (QED) is 0.895. The summed E-state index contributed by atoms with van der Waals surface area (Å²) < 4.78 is 5.38. The Morgan fingerprint density at radius 3 is 2.90 bits per heavy atom. The highest BCUT2D eigenvalue weighted by molar-refractivity contribution is 7.09. The van der Waals surface area contributed by atoms with Gasteiger partial charge in [-0.15, -0.1) is 11.3 Å². The molecule has 0 saturated carbocycles. The second kappa shape index (κ2) is 5.74. The van der Waals surface area contributed by atoms with Gasteiger partial charge in [0.05, 0.1) is 13.2 Å². The van der Waals surface area contributed by atoms with Crippen LogP contribution in [0, 0.1) is 0 Å². The van der Waals surface area contributed by atoms with Crippen LogP contribution in [0.1, 0.15) is 27.2 Å². The fourth-order valence-electron chi connectivity index (χ4n) is 2.35. The highest BCUT2D eigenvalue weighted by Gasteiger charge is 2.28. The first-order valence-electron chi connectivity index (χ1n) is 6.39. The van der Waals surface area contributed by atoms with Crippen molar-refractivity contribution in [3.05, 3.63) is 40.1 Å². The number of nitrogens with zero attached hydrogens (tertiary/aromatic N) is 2. The molecule has 1 atom stereocenters. The SMILES string of the molecule is O=C(O)c1csc(C(c2ccc[nH]2)N2CCOCC2)n1. The molecular weight excluding hydrogens is 278 g/mol. The fraction of sp³-hybridized carbons (Fsp3) is 0.385. The van der Waals surface area contributed by atoms with Crippen molar-refractivity contribution in [3.63, 3.8) is 0 Å². The van der Waals surface area contributed by atoms with Gasteiger partial charge < -0.3 is 14.8 Å². The number of H-pyrrole nitrogens is 1. The number of hydrogen-bond donors (Lipinski definition) is 2. The molecular formula is C13H15N3O3S. The molecule has 20 heavy (non-hydrogen) atoms. The largest absolute Gasteiger partial charge is 0.476 e. The molecule has 0 aromatic carbocycles. The van der Waals surface area contributed by atoms with Crippen molar-refractivity contribution in [3.8, 4) is 0 Å². The summed E-state index contributed by atoms with van der Waals surface area (Å²) in [6, 6.07) is 3.91. The lowest BCUT2D eigenvalue weighted by molar-refractivity contribution is 0.0232. The Morgan fingerprint density at radius 2 is 2.30 bits per heavy atom. The number of morpholine rings is 1. The average molecular weight is 293 g/mol. The predicted octanol–water partition coefficient (Wildman–Crippen LogP) is 1.59. The van der Waals surface area contributed by atoms with Crippen molar-refractivity contribution < 1.29 is 14.6 Å². The Kier molecular flexibility index (Phi) is 3.81. The van der Waals surface area contributed by atoms with Gasteiger partial charge in [0.15, 0.2) is 5.69 Å². The summed E-state index contributed by atoms with van der Waals surface area (Å²) in [5.74, 6) is -0.986. The summed E-state index contributed by atoms with van der Waals surface area (Å²) in [5, 5.41) is 11.4. The summed E-state index contributed by atoms with van der Waals surface area (Å²) in [6.45, 7) is 3.00. The number of aromatic nitrogens is 2. The van der Waals surface area contributed by atoms with Crippen LogP contribution < -0.4 is 0 Å². The van der Waals surface area contributed by atoms with E-state index in [0.29, 0.717) is 13.2 Å². The topological polar surface area (TPSA) is 78.5 Å². The van der Waals surface area contributed by atoms with Gasteiger partial charge in [-0.25, -0.2) is 9.78 Å². The van der Waals surface area contributed by atoms with Gasteiger partial charge in [-0.05, 0) is 12.1 Å². The number of carboxylic acids is 1. The lowest BCUT2D eigenvalue weighted by Gasteiger charge is -2.32. The van der Waals surface area contributed by atoms with Gasteiger partial charge in [0, 0.05) is 30.4 Å². The van der Waals surface area contributed by atoms with Crippen LogP contribution >= 0.6 is 11.3 Å². The highest BCUT2D eigenvalue weighted by atomic mass is 32.1. The molecule has 2 aromatic heterocycles. The second-order valence-corrected chi connectivity index (χ2v) is 5.44. The van der Waals surface area contributed by atoms with Gasteiger partial charge >= 0.3 is 5.97 Å². The van der Waals surface area contributed by atoms with E-state index in [4.69, 9.17) is 9.84 Å². The van der Waals surface area contributed by atoms with Crippen LogP contribution in [0.2, 0.25) is 0 Å². The second-order valence-electron chi connectivity index (χ2n) is 4.55. The molecule has 1 aliphatic heterocycles. The number of aromatic carboxylic acids is 1. The van der Waals surface area contributed by atoms with Crippen molar-refractivity contribution in [1.29, 1.82) is 0 Å². The zero-order valence-electron chi connectivity index (χ0n) is 10.8. The maximum Gasteiger partial charge on any atom is 0.355 e. The number of hydrogen-bond acceptors (Lipinski definition) is 5. The van der Waals surface area contributed by atoms with E-state index < -0.39 is 5.97 Å². The van der Waals surface area contributed by atoms with Crippen LogP contribution in [0.5, 0.6) is 0 Å². The Hall–Kier alpha value is -1.70. The summed E-state index contributed by atoms with van der Waals surface area (Å²) >= 11 is 1.38. The monoisotopic (exact) mass is 293 g/mol. The Balaban J connectivity index is 1.93. The number of carbonyl (C=O) groups is 1. The summed E-state index contributed by atoms with van der Waals surface area (Å²) in [5.41, 5.74) is 1.13. The van der Waals surface area contributed by atoms with E-state index in [-0.39, 0.29) is 11.7 Å². The molecule has 0 radical (unpaired) electrons. The molecule has 0 spiro atoms. The highest BCUT2D eigenvalue weighted by Crippen LogP contribution is 2.30. The van der Waals surface area contributed by atoms with Crippen LogP contribution in [0.15, 0.2) is 23.7 Å². The predicted molar refractivity (Wildman–Crippen MR) is 74.1 cm³/mol. The molecule has 106 valence electrons. The number of carboxylic acid groups (broad SMARTS) is 1. The van der Waals surface area contributed by atoms with E-state index >= 15 is 0 Å². The smallest absolute Gasteiger partial charge is 0.355 e. The Labute approximate surface area is 120 Å². The van der Waals surface area contributed by atoms with Crippen LogP contribution in [0.4, 0.5) is 0 Å². The molecule has 1 unspecified atom stereocenters. The minimum absolute atomic E-state index is 0.0352. The van der Waals surface area contributed by atoms with E-state index in [1.54, 1.807) is 5.38 Å². The first kappa shape index (κ1) is 13.3. The van der Waals surface area contributed by atoms with Crippen molar-refractivity contribution in [2.45, 2.75) is 6.04 Å². The zero-order chi connectivity index (χ0) is 13.9. The third-order valence-corrected chi connectivity index (χ3v) is 4.20. The molecule has 7 heteroatoms. The van der Waals surface area contributed by atoms with Gasteiger partial charge in [-0.3, -0.25) is 4.90 Å². The lowest BCUT2D eigenvalue weighted by atomic mass is 10.1. The maximum absolute atomic E-state index is 11.0. The van der Waals surface area contributed by atoms with Gasteiger partial charge in [0.25, 0.3) is 0 Å². The normalized spacial score (nSPS) is 18.0. The molecule has 0 bridgehead atoms. The van der Waals surface area contributed by atoms with Gasteiger partial charge in [0.1, 0.15) is 11.0 Å². The number of rotatable bonds is 4. The van der Waals surface area contributed by atoms with E-state index in [0.717, 1.165) is 23.8 Å². The molecule has 1 fully saturated rings. The minimum Gasteiger partial charge on any atom is -0.476 e.